The van der Waals surface area contributed by atoms with Gasteiger partial charge in [-0.05, 0) is 46.7 Å². The molecule has 4 nitrogen and oxygen atoms in total. The zero-order chi connectivity index (χ0) is 19.2. The molecule has 0 saturated carbocycles. The molecule has 0 bridgehead atoms. The molecule has 1 atom stereocenters. The van der Waals surface area contributed by atoms with E-state index in [1.165, 1.54) is 18.2 Å². The lowest BCUT2D eigenvalue weighted by Crippen LogP contribution is -2.26. The number of nitrogens with one attached hydrogen (secondary N) is 1. The number of ether oxygens (including phenoxy) is 1. The first-order valence-electron chi connectivity index (χ1n) is 8.53. The number of aliphatic hydroxyl groups excluding tert-OH is 1. The van der Waals surface area contributed by atoms with Gasteiger partial charge in [-0.15, -0.1) is 0 Å². The van der Waals surface area contributed by atoms with Crippen molar-refractivity contribution in [2.24, 2.45) is 0 Å². The van der Waals surface area contributed by atoms with Gasteiger partial charge in [-0.25, -0.2) is 4.39 Å². The summed E-state index contributed by atoms with van der Waals surface area (Å²) in [6, 6.07) is 17.5. The van der Waals surface area contributed by atoms with Gasteiger partial charge in [-0.2, -0.15) is 0 Å². The van der Waals surface area contributed by atoms with E-state index < -0.39 is 17.8 Å². The summed E-state index contributed by atoms with van der Waals surface area (Å²) in [6.07, 6.45) is 1.79. The number of methoxy groups -OCH3 is 1. The largest absolute Gasteiger partial charge is 0.497 e. The van der Waals surface area contributed by atoms with Gasteiger partial charge >= 0.3 is 0 Å². The van der Waals surface area contributed by atoms with Gasteiger partial charge in [0, 0.05) is 18.2 Å². The van der Waals surface area contributed by atoms with Gasteiger partial charge < -0.3 is 15.2 Å². The Hall–Kier alpha value is -3.18. The molecule has 0 aromatic heterocycles. The Morgan fingerprint density at radius 3 is 2.70 bits per heavy atom. The summed E-state index contributed by atoms with van der Waals surface area (Å²) in [5.74, 6) is -0.0614. The molecule has 3 aromatic carbocycles. The highest BCUT2D eigenvalue weighted by Crippen LogP contribution is 2.24. The molecule has 0 aliphatic carbocycles. The first-order chi connectivity index (χ1) is 13.1. The minimum atomic E-state index is -0.855. The monoisotopic (exact) mass is 365 g/mol. The fourth-order valence-electron chi connectivity index (χ4n) is 2.73. The minimum Gasteiger partial charge on any atom is -0.497 e. The topological polar surface area (TPSA) is 58.6 Å². The van der Waals surface area contributed by atoms with Crippen molar-refractivity contribution in [3.63, 3.8) is 0 Å². The van der Waals surface area contributed by atoms with Crippen LogP contribution in [0.5, 0.6) is 5.75 Å². The molecular formula is C22H20FNO3. The third-order valence-electron chi connectivity index (χ3n) is 4.25. The van der Waals surface area contributed by atoms with E-state index in [1.54, 1.807) is 25.3 Å². The summed E-state index contributed by atoms with van der Waals surface area (Å²) in [6.45, 7) is 0.0515. The van der Waals surface area contributed by atoms with Crippen molar-refractivity contribution in [2.75, 3.05) is 13.7 Å². The van der Waals surface area contributed by atoms with Crippen LogP contribution in [-0.4, -0.2) is 24.7 Å². The van der Waals surface area contributed by atoms with Gasteiger partial charge in [0.25, 0.3) is 0 Å². The van der Waals surface area contributed by atoms with Crippen LogP contribution in [0, 0.1) is 5.82 Å². The van der Waals surface area contributed by atoms with E-state index in [-0.39, 0.29) is 6.54 Å². The molecule has 2 N–H and O–H groups in total. The zero-order valence-electron chi connectivity index (χ0n) is 14.9. The molecule has 5 heteroatoms. The number of halogens is 1. The van der Waals surface area contributed by atoms with Crippen LogP contribution in [0.15, 0.2) is 66.7 Å². The summed E-state index contributed by atoms with van der Waals surface area (Å²) in [4.78, 5) is 11.9. The standard InChI is InChI=1S/C22H20FNO3/c1-27-19-10-8-15-6-7-17(12-18(15)13-19)21(25)14-24-22(26)11-9-16-4-2-3-5-20(16)23/h2-13,21,25H,14H2,1H3,(H,24,26). The molecule has 0 aliphatic rings. The highest BCUT2D eigenvalue weighted by atomic mass is 19.1. The van der Waals surface area contributed by atoms with Crippen LogP contribution >= 0.6 is 0 Å². The SMILES string of the molecule is COc1ccc2ccc(C(O)CNC(=O)C=Cc3ccccc3F)cc2c1. The van der Waals surface area contributed by atoms with E-state index in [9.17, 15) is 14.3 Å². The quantitative estimate of drug-likeness (QED) is 0.653. The molecule has 0 saturated heterocycles. The number of carbonyl (C=O) groups excluding carboxylic acids is 1. The number of hydrogen-bond acceptors (Lipinski definition) is 3. The van der Waals surface area contributed by atoms with Crippen molar-refractivity contribution in [1.29, 1.82) is 0 Å². The first-order valence-corrected chi connectivity index (χ1v) is 8.53. The summed E-state index contributed by atoms with van der Waals surface area (Å²) >= 11 is 0. The van der Waals surface area contributed by atoms with Crippen LogP contribution in [0.4, 0.5) is 4.39 Å². The lowest BCUT2D eigenvalue weighted by Gasteiger charge is -2.13. The number of amides is 1. The molecule has 0 fully saturated rings. The first kappa shape index (κ1) is 18.6. The number of aliphatic hydroxyl groups is 1. The highest BCUT2D eigenvalue weighted by Gasteiger charge is 2.10. The van der Waals surface area contributed by atoms with Gasteiger partial charge in [-0.3, -0.25) is 4.79 Å². The maximum Gasteiger partial charge on any atom is 0.244 e. The van der Waals surface area contributed by atoms with Crippen molar-refractivity contribution < 1.29 is 19.0 Å². The molecule has 27 heavy (non-hydrogen) atoms. The van der Waals surface area contributed by atoms with Crippen LogP contribution in [0.1, 0.15) is 17.2 Å². The van der Waals surface area contributed by atoms with Gasteiger partial charge in [0.2, 0.25) is 5.91 Å². The Morgan fingerprint density at radius 1 is 1.15 bits per heavy atom. The molecule has 3 aromatic rings. The lowest BCUT2D eigenvalue weighted by atomic mass is 10.0. The van der Waals surface area contributed by atoms with E-state index in [4.69, 9.17) is 4.74 Å². The zero-order valence-corrected chi connectivity index (χ0v) is 14.9. The third-order valence-corrected chi connectivity index (χ3v) is 4.25. The second kappa shape index (κ2) is 8.47. The molecule has 1 unspecified atom stereocenters. The normalized spacial score (nSPS) is 12.3. The van der Waals surface area contributed by atoms with Crippen molar-refractivity contribution in [2.45, 2.75) is 6.10 Å². The van der Waals surface area contributed by atoms with Crippen LogP contribution in [-0.2, 0) is 4.79 Å². The molecule has 0 heterocycles. The molecule has 0 spiro atoms. The minimum absolute atomic E-state index is 0.0515. The van der Waals surface area contributed by atoms with Crippen molar-refractivity contribution in [3.05, 3.63) is 83.7 Å². The molecule has 0 aliphatic heterocycles. The number of fused-ring (bicyclic) bond motifs is 1. The number of hydrogen-bond donors (Lipinski definition) is 2. The Balaban J connectivity index is 1.63. The predicted octanol–water partition coefficient (Wildman–Crippen LogP) is 3.85. The fourth-order valence-corrected chi connectivity index (χ4v) is 2.73. The molecule has 138 valence electrons. The van der Waals surface area contributed by atoms with Crippen LogP contribution in [0.25, 0.3) is 16.8 Å². The highest BCUT2D eigenvalue weighted by molar-refractivity contribution is 5.91. The van der Waals surface area contributed by atoms with Gasteiger partial charge in [-0.1, -0.05) is 36.4 Å². The molecule has 3 rings (SSSR count). The van der Waals surface area contributed by atoms with Crippen molar-refractivity contribution in [3.8, 4) is 5.75 Å². The maximum absolute atomic E-state index is 13.5. The summed E-state index contributed by atoms with van der Waals surface area (Å²) < 4.78 is 18.7. The predicted molar refractivity (Wildman–Crippen MR) is 104 cm³/mol. The second-order valence-corrected chi connectivity index (χ2v) is 6.09. The summed E-state index contributed by atoms with van der Waals surface area (Å²) in [7, 11) is 1.60. The van der Waals surface area contributed by atoms with Crippen molar-refractivity contribution >= 4 is 22.8 Å². The number of rotatable bonds is 6. The van der Waals surface area contributed by atoms with E-state index in [0.29, 0.717) is 11.1 Å². The Bertz CT molecular complexity index is 984. The smallest absolute Gasteiger partial charge is 0.244 e. The van der Waals surface area contributed by atoms with Gasteiger partial charge in [0.1, 0.15) is 11.6 Å². The summed E-state index contributed by atoms with van der Waals surface area (Å²) in [5.41, 5.74) is 1.02. The maximum atomic E-state index is 13.5. The Labute approximate surface area is 156 Å². The van der Waals surface area contributed by atoms with Gasteiger partial charge in [0.05, 0.1) is 13.2 Å². The molecular weight excluding hydrogens is 345 g/mol. The average Bonchev–Trinajstić information content (AvgIpc) is 2.70. The van der Waals surface area contributed by atoms with E-state index in [1.807, 2.05) is 36.4 Å². The Morgan fingerprint density at radius 2 is 1.93 bits per heavy atom. The average molecular weight is 365 g/mol. The third kappa shape index (κ3) is 4.71. The van der Waals surface area contributed by atoms with Crippen LogP contribution < -0.4 is 10.1 Å². The van der Waals surface area contributed by atoms with E-state index >= 15 is 0 Å². The van der Waals surface area contributed by atoms with Crippen molar-refractivity contribution in [1.82, 2.24) is 5.32 Å². The van der Waals surface area contributed by atoms with Crippen LogP contribution in [0.3, 0.4) is 0 Å². The second-order valence-electron chi connectivity index (χ2n) is 6.09. The van der Waals surface area contributed by atoms with E-state index in [0.717, 1.165) is 16.5 Å². The molecule has 1 amide bonds. The molecule has 0 radical (unpaired) electrons. The van der Waals surface area contributed by atoms with E-state index in [2.05, 4.69) is 5.32 Å². The number of carbonyl (C=O) groups is 1. The van der Waals surface area contributed by atoms with Crippen LogP contribution in [0.2, 0.25) is 0 Å². The van der Waals surface area contributed by atoms with Gasteiger partial charge in [0.15, 0.2) is 0 Å². The summed E-state index contributed by atoms with van der Waals surface area (Å²) in [5, 5.41) is 14.9. The lowest BCUT2D eigenvalue weighted by molar-refractivity contribution is -0.116. The number of benzene rings is 3. The Kier molecular flexibility index (Phi) is 5.84. The fraction of sp³-hybridized carbons (Fsp3) is 0.136.